The van der Waals surface area contributed by atoms with Gasteiger partial charge in [-0.3, -0.25) is 24.0 Å². The average molecular weight is 800 g/mol. The van der Waals surface area contributed by atoms with Crippen LogP contribution in [0.4, 0.5) is 29.5 Å². The van der Waals surface area contributed by atoms with Crippen LogP contribution < -0.4 is 15.5 Å². The number of nitrogens with zero attached hydrogens (tertiary/aromatic N) is 3. The molecule has 0 bridgehead atoms. The number of benzene rings is 1. The number of ether oxygens (including phenoxy) is 5. The number of esters is 4. The number of hydrogen-bond donors (Lipinski definition) is 2. The molecule has 4 rings (SSSR count). The number of anilines is 2. The molecule has 2 N–H and O–H groups in total. The molecule has 3 amide bonds. The van der Waals surface area contributed by atoms with Crippen LogP contribution in [-0.4, -0.2) is 99.1 Å². The molecule has 1 aromatic heterocycles. The van der Waals surface area contributed by atoms with E-state index in [1.54, 1.807) is 6.07 Å². The highest BCUT2D eigenvalue weighted by atomic mass is 32.2. The standard InChI is InChI=1S/C33H36F3N5O11S2/c1-16(42)48-15-23-25(49-17(2)43)26(50-18(3)44)27(51-19(4)45)28(52-23)39-30(53)38-24-13-20(11-12-37-24)14-40-31(47)41(29(46)32(40,5)6)21-7-9-22(10-8-21)54-33(34,35)36/h7-13,23,25-28H,14-15H2,1-6H3,(H2,37,38,39,53). The molecule has 292 valence electrons. The summed E-state index contributed by atoms with van der Waals surface area (Å²) in [5.74, 6) is -3.54. The molecule has 2 aliphatic heterocycles. The van der Waals surface area contributed by atoms with Gasteiger partial charge in [-0.15, -0.1) is 0 Å². The van der Waals surface area contributed by atoms with E-state index in [0.717, 1.165) is 32.6 Å². The Kier molecular flexibility index (Phi) is 13.1. The van der Waals surface area contributed by atoms with Gasteiger partial charge in [0, 0.05) is 45.3 Å². The van der Waals surface area contributed by atoms with E-state index in [-0.39, 0.29) is 39.8 Å². The number of pyridine rings is 1. The molecule has 2 fully saturated rings. The Labute approximate surface area is 316 Å². The van der Waals surface area contributed by atoms with Gasteiger partial charge in [-0.05, 0) is 79.8 Å². The van der Waals surface area contributed by atoms with Gasteiger partial charge in [-0.2, -0.15) is 13.2 Å². The molecule has 54 heavy (non-hydrogen) atoms. The van der Waals surface area contributed by atoms with Crippen molar-refractivity contribution in [1.82, 2.24) is 15.2 Å². The first-order valence-corrected chi connectivity index (χ1v) is 17.2. The van der Waals surface area contributed by atoms with Crippen LogP contribution in [0.3, 0.4) is 0 Å². The third kappa shape index (κ3) is 10.6. The van der Waals surface area contributed by atoms with E-state index < -0.39 is 84.1 Å². The van der Waals surface area contributed by atoms with Crippen LogP contribution in [0.25, 0.3) is 0 Å². The summed E-state index contributed by atoms with van der Waals surface area (Å²) in [6, 6.07) is 7.27. The lowest BCUT2D eigenvalue weighted by molar-refractivity contribution is -0.254. The molecule has 0 radical (unpaired) electrons. The fraction of sp³-hybridized carbons (Fsp3) is 0.455. The van der Waals surface area contributed by atoms with E-state index in [0.29, 0.717) is 5.56 Å². The van der Waals surface area contributed by atoms with E-state index in [2.05, 4.69) is 15.6 Å². The van der Waals surface area contributed by atoms with Crippen molar-refractivity contribution in [1.29, 1.82) is 0 Å². The molecule has 21 heteroatoms. The van der Waals surface area contributed by atoms with Crippen molar-refractivity contribution in [2.45, 2.75) is 94.7 Å². The Morgan fingerprint density at radius 2 is 1.52 bits per heavy atom. The number of halogens is 3. The molecule has 3 heterocycles. The summed E-state index contributed by atoms with van der Waals surface area (Å²) >= 11 is 5.16. The van der Waals surface area contributed by atoms with Crippen molar-refractivity contribution in [2.24, 2.45) is 0 Å². The number of urea groups is 1. The van der Waals surface area contributed by atoms with Gasteiger partial charge < -0.3 is 39.2 Å². The number of amides is 3. The van der Waals surface area contributed by atoms with Crippen LogP contribution in [0.2, 0.25) is 0 Å². The largest absolute Gasteiger partial charge is 0.463 e. The van der Waals surface area contributed by atoms with Crippen LogP contribution in [0, 0.1) is 0 Å². The summed E-state index contributed by atoms with van der Waals surface area (Å²) in [5, 5.41) is 5.50. The SMILES string of the molecule is CC(=O)OCC1OC(NC(=S)Nc2cc(CN3C(=O)N(c4ccc(SC(F)(F)F)cc4)C(=O)C3(C)C)ccn2)C(OC(C)=O)C(OC(C)=O)C1OC(C)=O. The summed E-state index contributed by atoms with van der Waals surface area (Å²) in [6.45, 7) is 6.94. The predicted molar refractivity (Wildman–Crippen MR) is 186 cm³/mol. The molecular weight excluding hydrogens is 764 g/mol. The Balaban J connectivity index is 1.52. The highest BCUT2D eigenvalue weighted by molar-refractivity contribution is 8.00. The lowest BCUT2D eigenvalue weighted by Gasteiger charge is -2.44. The number of thiocarbonyl (C=S) groups is 1. The number of hydrogen-bond acceptors (Lipinski definition) is 14. The van der Waals surface area contributed by atoms with E-state index >= 15 is 0 Å². The number of thioether (sulfide) groups is 1. The van der Waals surface area contributed by atoms with Gasteiger partial charge in [-0.1, -0.05) is 0 Å². The van der Waals surface area contributed by atoms with Crippen molar-refractivity contribution in [3.8, 4) is 0 Å². The third-order valence-electron chi connectivity index (χ3n) is 7.82. The second kappa shape index (κ2) is 17.0. The van der Waals surface area contributed by atoms with Crippen LogP contribution >= 0.6 is 24.0 Å². The molecule has 2 saturated heterocycles. The predicted octanol–water partition coefficient (Wildman–Crippen LogP) is 3.81. The third-order valence-corrected chi connectivity index (χ3v) is 8.78. The maximum absolute atomic E-state index is 13.6. The zero-order chi connectivity index (χ0) is 40.1. The number of aromatic nitrogens is 1. The van der Waals surface area contributed by atoms with Crippen molar-refractivity contribution in [2.75, 3.05) is 16.8 Å². The minimum atomic E-state index is -4.51. The first-order valence-electron chi connectivity index (χ1n) is 16.0. The Hall–Kier alpha value is -5.02. The molecule has 0 aliphatic carbocycles. The second-order valence-corrected chi connectivity index (χ2v) is 13.9. The monoisotopic (exact) mass is 799 g/mol. The molecule has 5 atom stereocenters. The van der Waals surface area contributed by atoms with Gasteiger partial charge in [0.15, 0.2) is 29.7 Å². The molecular formula is C33H36F3N5O11S2. The molecule has 2 aliphatic rings. The molecule has 16 nitrogen and oxygen atoms in total. The first kappa shape index (κ1) is 41.7. The average Bonchev–Trinajstić information content (AvgIpc) is 3.21. The number of imide groups is 1. The van der Waals surface area contributed by atoms with E-state index in [4.69, 9.17) is 35.9 Å². The first-order chi connectivity index (χ1) is 25.2. The summed E-state index contributed by atoms with van der Waals surface area (Å²) in [7, 11) is 0. The fourth-order valence-electron chi connectivity index (χ4n) is 5.58. The highest BCUT2D eigenvalue weighted by Crippen LogP contribution is 2.39. The number of carbonyl (C=O) groups excluding carboxylic acids is 6. The summed E-state index contributed by atoms with van der Waals surface area (Å²) in [4.78, 5) is 81.2. The number of rotatable bonds is 11. The quantitative estimate of drug-likeness (QED) is 0.110. The second-order valence-electron chi connectivity index (χ2n) is 12.4. The lowest BCUT2D eigenvalue weighted by Crippen LogP contribution is -2.66. The van der Waals surface area contributed by atoms with Crippen molar-refractivity contribution < 1.29 is 65.6 Å². The van der Waals surface area contributed by atoms with Gasteiger partial charge in [0.1, 0.15) is 24.1 Å². The topological polar surface area (TPSA) is 192 Å². The summed E-state index contributed by atoms with van der Waals surface area (Å²) < 4.78 is 65.7. The Bertz CT molecular complexity index is 1800. The van der Waals surface area contributed by atoms with Crippen LogP contribution in [0.15, 0.2) is 47.5 Å². The lowest BCUT2D eigenvalue weighted by atomic mass is 9.97. The molecule has 0 saturated carbocycles. The van der Waals surface area contributed by atoms with Crippen LogP contribution in [0.5, 0.6) is 0 Å². The minimum absolute atomic E-state index is 0.0901. The van der Waals surface area contributed by atoms with E-state index in [1.807, 2.05) is 0 Å². The van der Waals surface area contributed by atoms with Gasteiger partial charge in [-0.25, -0.2) is 14.7 Å². The van der Waals surface area contributed by atoms with Crippen LogP contribution in [-0.2, 0) is 54.2 Å². The maximum atomic E-state index is 13.6. The van der Waals surface area contributed by atoms with E-state index in [9.17, 15) is 41.9 Å². The van der Waals surface area contributed by atoms with Gasteiger partial charge in [0.2, 0.25) is 0 Å². The zero-order valence-electron chi connectivity index (χ0n) is 29.6. The fourth-order valence-corrected chi connectivity index (χ4v) is 6.34. The van der Waals surface area contributed by atoms with Crippen molar-refractivity contribution in [3.05, 3.63) is 48.2 Å². The van der Waals surface area contributed by atoms with Gasteiger partial charge in [0.25, 0.3) is 5.91 Å². The van der Waals surface area contributed by atoms with E-state index in [1.165, 1.54) is 55.3 Å². The molecule has 0 spiro atoms. The van der Waals surface area contributed by atoms with Crippen LogP contribution in [0.1, 0.15) is 47.1 Å². The number of alkyl halides is 3. The molecule has 5 unspecified atom stereocenters. The summed E-state index contributed by atoms with van der Waals surface area (Å²) in [6.07, 6.45) is -5.44. The smallest absolute Gasteiger partial charge is 0.446 e. The van der Waals surface area contributed by atoms with Crippen molar-refractivity contribution in [3.63, 3.8) is 0 Å². The van der Waals surface area contributed by atoms with Gasteiger partial charge >= 0.3 is 35.4 Å². The molecule has 1 aromatic carbocycles. The zero-order valence-corrected chi connectivity index (χ0v) is 31.3. The Morgan fingerprint density at radius 3 is 2.09 bits per heavy atom. The normalized spacial score (nSPS) is 22.3. The minimum Gasteiger partial charge on any atom is -0.463 e. The van der Waals surface area contributed by atoms with Gasteiger partial charge in [0.05, 0.1) is 5.69 Å². The maximum Gasteiger partial charge on any atom is 0.446 e. The Morgan fingerprint density at radius 1 is 0.926 bits per heavy atom. The highest BCUT2D eigenvalue weighted by Gasteiger charge is 2.53. The summed E-state index contributed by atoms with van der Waals surface area (Å²) in [5.41, 5.74) is -5.26. The molecule has 2 aromatic rings. The number of nitrogens with one attached hydrogen (secondary N) is 2. The number of carbonyl (C=O) groups is 6. The van der Waals surface area contributed by atoms with Crippen molar-refractivity contribution >= 4 is 76.4 Å².